The van der Waals surface area contributed by atoms with Gasteiger partial charge in [-0.25, -0.2) is 9.97 Å². The molecule has 2 rings (SSSR count). The van der Waals surface area contributed by atoms with Crippen LogP contribution in [0, 0.1) is 17.4 Å². The highest BCUT2D eigenvalue weighted by molar-refractivity contribution is 14.1. The van der Waals surface area contributed by atoms with Crippen LogP contribution in [0.25, 0.3) is 11.4 Å². The Labute approximate surface area is 129 Å². The van der Waals surface area contributed by atoms with E-state index >= 15 is 0 Å². The Balaban J connectivity index is 2.60. The van der Waals surface area contributed by atoms with E-state index in [1.807, 2.05) is 20.0 Å². The summed E-state index contributed by atoms with van der Waals surface area (Å²) in [6.07, 6.45) is 0. The topological polar surface area (TPSA) is 37.8 Å². The number of aromatic nitrogens is 2. The summed E-state index contributed by atoms with van der Waals surface area (Å²) in [6, 6.07) is 6.18. The molecule has 2 aromatic rings. The predicted molar refractivity (Wildman–Crippen MR) is 86.9 cm³/mol. The molecule has 0 amide bonds. The van der Waals surface area contributed by atoms with Crippen molar-refractivity contribution in [3.8, 4) is 11.4 Å². The molecule has 1 aromatic heterocycles. The van der Waals surface area contributed by atoms with Gasteiger partial charge in [0, 0.05) is 17.1 Å². The van der Waals surface area contributed by atoms with Crippen LogP contribution in [0.1, 0.15) is 11.3 Å². The van der Waals surface area contributed by atoms with Crippen molar-refractivity contribution < 1.29 is 0 Å². The Hall–Kier alpha value is -0.690. The van der Waals surface area contributed by atoms with E-state index in [9.17, 15) is 0 Å². The largest absolute Gasteiger partial charge is 0.372 e. The molecule has 1 N–H and O–H groups in total. The summed E-state index contributed by atoms with van der Waals surface area (Å²) < 4.78 is 2.08. The molecule has 1 heterocycles. The molecular formula is C13H13BrIN3. The van der Waals surface area contributed by atoms with E-state index in [2.05, 4.69) is 72.9 Å². The van der Waals surface area contributed by atoms with Gasteiger partial charge in [0.2, 0.25) is 0 Å². The van der Waals surface area contributed by atoms with E-state index in [0.29, 0.717) is 0 Å². The van der Waals surface area contributed by atoms with Crippen molar-refractivity contribution in [1.29, 1.82) is 0 Å². The number of anilines is 1. The van der Waals surface area contributed by atoms with E-state index in [1.165, 1.54) is 5.56 Å². The minimum Gasteiger partial charge on any atom is -0.372 e. The molecular weight excluding hydrogens is 405 g/mol. The molecule has 0 fully saturated rings. The molecule has 0 atom stereocenters. The lowest BCUT2D eigenvalue weighted by atomic mass is 10.1. The summed E-state index contributed by atoms with van der Waals surface area (Å²) >= 11 is 5.83. The maximum atomic E-state index is 4.55. The van der Waals surface area contributed by atoms with Gasteiger partial charge in [-0.1, -0.05) is 22.0 Å². The Kier molecular flexibility index (Phi) is 4.21. The van der Waals surface area contributed by atoms with E-state index in [4.69, 9.17) is 0 Å². The molecule has 0 aliphatic carbocycles. The Morgan fingerprint density at radius 2 is 1.94 bits per heavy atom. The molecule has 18 heavy (non-hydrogen) atoms. The molecule has 3 nitrogen and oxygen atoms in total. The van der Waals surface area contributed by atoms with Crippen LogP contribution >= 0.6 is 38.5 Å². The van der Waals surface area contributed by atoms with Crippen molar-refractivity contribution in [3.05, 3.63) is 37.5 Å². The van der Waals surface area contributed by atoms with Gasteiger partial charge in [-0.05, 0) is 54.1 Å². The number of nitrogens with one attached hydrogen (secondary N) is 1. The van der Waals surface area contributed by atoms with Crippen LogP contribution in [0.4, 0.5) is 5.82 Å². The van der Waals surface area contributed by atoms with Crippen LogP contribution < -0.4 is 5.32 Å². The van der Waals surface area contributed by atoms with Gasteiger partial charge in [0.05, 0.1) is 9.26 Å². The summed E-state index contributed by atoms with van der Waals surface area (Å²) in [7, 11) is 1.87. The van der Waals surface area contributed by atoms with E-state index in [0.717, 1.165) is 30.9 Å². The van der Waals surface area contributed by atoms with Crippen LogP contribution in [0.3, 0.4) is 0 Å². The highest BCUT2D eigenvalue weighted by Crippen LogP contribution is 2.29. The Morgan fingerprint density at radius 1 is 1.22 bits per heavy atom. The predicted octanol–water partition coefficient (Wildman–Crippen LogP) is 4.17. The van der Waals surface area contributed by atoms with Crippen molar-refractivity contribution in [1.82, 2.24) is 9.97 Å². The smallest absolute Gasteiger partial charge is 0.162 e. The average molecular weight is 418 g/mol. The number of aryl methyl sites for hydroxylation is 2. The molecule has 0 unspecified atom stereocenters. The summed E-state index contributed by atoms with van der Waals surface area (Å²) in [5.74, 6) is 1.61. The second kappa shape index (κ2) is 5.52. The molecule has 0 spiro atoms. The van der Waals surface area contributed by atoms with Gasteiger partial charge >= 0.3 is 0 Å². The second-order valence-electron chi connectivity index (χ2n) is 4.03. The molecule has 0 aliphatic rings. The lowest BCUT2D eigenvalue weighted by Gasteiger charge is -2.10. The quantitative estimate of drug-likeness (QED) is 0.745. The summed E-state index contributed by atoms with van der Waals surface area (Å²) in [4.78, 5) is 9.11. The monoisotopic (exact) mass is 417 g/mol. The molecule has 0 saturated heterocycles. The lowest BCUT2D eigenvalue weighted by molar-refractivity contribution is 1.09. The minimum absolute atomic E-state index is 0.740. The Bertz CT molecular complexity index is 599. The van der Waals surface area contributed by atoms with Crippen LogP contribution in [0.15, 0.2) is 22.7 Å². The first kappa shape index (κ1) is 13.7. The van der Waals surface area contributed by atoms with Gasteiger partial charge in [0.15, 0.2) is 5.82 Å². The maximum Gasteiger partial charge on any atom is 0.162 e. The van der Waals surface area contributed by atoms with Crippen molar-refractivity contribution >= 4 is 44.3 Å². The van der Waals surface area contributed by atoms with Crippen molar-refractivity contribution in [2.24, 2.45) is 0 Å². The molecule has 0 bridgehead atoms. The zero-order chi connectivity index (χ0) is 13.3. The number of hydrogen-bond acceptors (Lipinski definition) is 3. The average Bonchev–Trinajstić information content (AvgIpc) is 2.32. The van der Waals surface area contributed by atoms with Gasteiger partial charge in [-0.15, -0.1) is 0 Å². The fraction of sp³-hybridized carbons (Fsp3) is 0.231. The third-order valence-corrected chi connectivity index (χ3v) is 4.57. The molecule has 0 saturated carbocycles. The van der Waals surface area contributed by atoms with Gasteiger partial charge in [-0.3, -0.25) is 0 Å². The molecule has 1 aromatic carbocycles. The van der Waals surface area contributed by atoms with Gasteiger partial charge < -0.3 is 5.32 Å². The summed E-state index contributed by atoms with van der Waals surface area (Å²) in [6.45, 7) is 4.06. The first-order valence-corrected chi connectivity index (χ1v) is 7.38. The number of hydrogen-bond donors (Lipinski definition) is 1. The maximum absolute atomic E-state index is 4.55. The van der Waals surface area contributed by atoms with E-state index in [1.54, 1.807) is 0 Å². The third kappa shape index (κ3) is 2.66. The van der Waals surface area contributed by atoms with Crippen LogP contribution in [-0.2, 0) is 0 Å². The number of benzene rings is 1. The normalized spacial score (nSPS) is 10.5. The highest BCUT2D eigenvalue weighted by Gasteiger charge is 2.11. The van der Waals surface area contributed by atoms with Crippen molar-refractivity contribution in [2.45, 2.75) is 13.8 Å². The van der Waals surface area contributed by atoms with E-state index < -0.39 is 0 Å². The van der Waals surface area contributed by atoms with Crippen molar-refractivity contribution in [3.63, 3.8) is 0 Å². The first-order chi connectivity index (χ1) is 8.52. The fourth-order valence-corrected chi connectivity index (χ4v) is 2.83. The van der Waals surface area contributed by atoms with Crippen LogP contribution in [0.5, 0.6) is 0 Å². The highest BCUT2D eigenvalue weighted by atomic mass is 127. The number of halogens is 2. The van der Waals surface area contributed by atoms with Crippen LogP contribution in [-0.4, -0.2) is 17.0 Å². The fourth-order valence-electron chi connectivity index (χ4n) is 1.65. The molecule has 94 valence electrons. The lowest BCUT2D eigenvalue weighted by Crippen LogP contribution is -2.03. The third-order valence-electron chi connectivity index (χ3n) is 2.62. The molecule has 5 heteroatoms. The standard InChI is InChI=1S/C13H13BrIN3/c1-7-4-5-9(10(14)6-7)12-17-8(2)11(15)13(16-3)18-12/h4-6H,1-3H3,(H,16,17,18). The first-order valence-electron chi connectivity index (χ1n) is 5.51. The molecule has 0 radical (unpaired) electrons. The Morgan fingerprint density at radius 3 is 2.56 bits per heavy atom. The zero-order valence-corrected chi connectivity index (χ0v) is 14.1. The van der Waals surface area contributed by atoms with Crippen LogP contribution in [0.2, 0.25) is 0 Å². The SMILES string of the molecule is CNc1nc(-c2ccc(C)cc2Br)nc(C)c1I. The second-order valence-corrected chi connectivity index (χ2v) is 5.96. The minimum atomic E-state index is 0.740. The molecule has 0 aliphatic heterocycles. The zero-order valence-electron chi connectivity index (χ0n) is 10.4. The summed E-state index contributed by atoms with van der Waals surface area (Å²) in [5.41, 5.74) is 3.20. The van der Waals surface area contributed by atoms with Gasteiger partial charge in [-0.2, -0.15) is 0 Å². The number of nitrogens with zero attached hydrogens (tertiary/aromatic N) is 2. The van der Waals surface area contributed by atoms with E-state index in [-0.39, 0.29) is 0 Å². The van der Waals surface area contributed by atoms with Gasteiger partial charge in [0.25, 0.3) is 0 Å². The summed E-state index contributed by atoms with van der Waals surface area (Å²) in [5, 5.41) is 3.10. The van der Waals surface area contributed by atoms with Crippen molar-refractivity contribution in [2.75, 3.05) is 12.4 Å². The van der Waals surface area contributed by atoms with Gasteiger partial charge in [0.1, 0.15) is 5.82 Å². The number of rotatable bonds is 2.